The van der Waals surface area contributed by atoms with Gasteiger partial charge in [-0.1, -0.05) is 6.07 Å². The number of benzene rings is 1. The minimum atomic E-state index is 0.165. The summed E-state index contributed by atoms with van der Waals surface area (Å²) in [5.41, 5.74) is 6.08. The van der Waals surface area contributed by atoms with E-state index in [1.54, 1.807) is 13.2 Å². The minimum Gasteiger partial charge on any atom is -0.504 e. The molecule has 1 heterocycles. The van der Waals surface area contributed by atoms with Crippen LogP contribution < -0.4 is 4.74 Å². The maximum absolute atomic E-state index is 9.68. The smallest absolute Gasteiger partial charge is 0.161 e. The molecule has 108 valence electrons. The highest BCUT2D eigenvalue weighted by Crippen LogP contribution is 2.34. The molecule has 1 aliphatic rings. The van der Waals surface area contributed by atoms with Crippen LogP contribution in [0.1, 0.15) is 35.2 Å². The quantitative estimate of drug-likeness (QED) is 0.905. The van der Waals surface area contributed by atoms with Crippen LogP contribution in [0.25, 0.3) is 11.6 Å². The lowest BCUT2D eigenvalue weighted by Crippen LogP contribution is -2.06. The van der Waals surface area contributed by atoms with Crippen molar-refractivity contribution in [1.29, 1.82) is 0 Å². The summed E-state index contributed by atoms with van der Waals surface area (Å²) < 4.78 is 5.17. The SMILES string of the molecule is COc1cc(/C=C2/CCCc3c(C)ccnc32)ccc1O. The second-order valence-corrected chi connectivity index (χ2v) is 5.41. The Morgan fingerprint density at radius 1 is 1.24 bits per heavy atom. The zero-order chi connectivity index (χ0) is 14.8. The van der Waals surface area contributed by atoms with Crippen LogP contribution in [0.2, 0.25) is 0 Å². The molecule has 21 heavy (non-hydrogen) atoms. The number of phenols is 1. The molecule has 0 atom stereocenters. The van der Waals surface area contributed by atoms with Crippen molar-refractivity contribution in [3.8, 4) is 11.5 Å². The Balaban J connectivity index is 2.04. The van der Waals surface area contributed by atoms with E-state index in [0.717, 1.165) is 30.5 Å². The van der Waals surface area contributed by atoms with Crippen LogP contribution in [0, 0.1) is 6.92 Å². The Labute approximate surface area is 124 Å². The number of hydrogen-bond acceptors (Lipinski definition) is 3. The summed E-state index contributed by atoms with van der Waals surface area (Å²) in [6.07, 6.45) is 7.32. The fraction of sp³-hybridized carbons (Fsp3) is 0.278. The monoisotopic (exact) mass is 281 g/mol. The van der Waals surface area contributed by atoms with Crippen LogP contribution in [0.15, 0.2) is 30.5 Å². The van der Waals surface area contributed by atoms with Crippen molar-refractivity contribution >= 4 is 11.6 Å². The number of fused-ring (bicyclic) bond motifs is 1. The molecule has 0 aliphatic heterocycles. The number of methoxy groups -OCH3 is 1. The predicted octanol–water partition coefficient (Wildman–Crippen LogP) is 3.98. The summed E-state index contributed by atoms with van der Waals surface area (Å²) in [6, 6.07) is 7.49. The van der Waals surface area contributed by atoms with Gasteiger partial charge in [0.2, 0.25) is 0 Å². The van der Waals surface area contributed by atoms with E-state index in [1.165, 1.54) is 16.7 Å². The molecule has 3 nitrogen and oxygen atoms in total. The standard InChI is InChI=1S/C18H19NO2/c1-12-8-9-19-18-14(4-3-5-15(12)18)10-13-6-7-16(20)17(11-13)21-2/h6-11,20H,3-5H2,1-2H3/b14-10-. The second kappa shape index (κ2) is 5.60. The normalized spacial score (nSPS) is 15.8. The first kappa shape index (κ1) is 13.7. The van der Waals surface area contributed by atoms with Crippen LogP contribution in [0.4, 0.5) is 0 Å². The van der Waals surface area contributed by atoms with E-state index in [0.29, 0.717) is 5.75 Å². The molecular formula is C18H19NO2. The largest absolute Gasteiger partial charge is 0.504 e. The van der Waals surface area contributed by atoms with Crippen molar-refractivity contribution in [1.82, 2.24) is 4.98 Å². The molecule has 0 amide bonds. The van der Waals surface area contributed by atoms with Gasteiger partial charge in [0.05, 0.1) is 12.8 Å². The molecule has 0 fully saturated rings. The first-order valence-corrected chi connectivity index (χ1v) is 7.21. The van der Waals surface area contributed by atoms with E-state index in [9.17, 15) is 5.11 Å². The van der Waals surface area contributed by atoms with Crippen molar-refractivity contribution in [2.24, 2.45) is 0 Å². The molecule has 3 rings (SSSR count). The number of nitrogens with zero attached hydrogens (tertiary/aromatic N) is 1. The molecule has 0 saturated carbocycles. The van der Waals surface area contributed by atoms with Gasteiger partial charge in [-0.05, 0) is 72.7 Å². The number of rotatable bonds is 2. The topological polar surface area (TPSA) is 42.4 Å². The summed E-state index contributed by atoms with van der Waals surface area (Å²) >= 11 is 0. The average Bonchev–Trinajstić information content (AvgIpc) is 2.50. The molecule has 2 aromatic rings. The van der Waals surface area contributed by atoms with E-state index in [-0.39, 0.29) is 5.75 Å². The van der Waals surface area contributed by atoms with Crippen LogP contribution in [-0.2, 0) is 6.42 Å². The molecule has 1 aromatic carbocycles. The van der Waals surface area contributed by atoms with Crippen LogP contribution in [0.3, 0.4) is 0 Å². The Hall–Kier alpha value is -2.29. The van der Waals surface area contributed by atoms with Crippen molar-refractivity contribution in [3.05, 3.63) is 52.8 Å². The average molecular weight is 281 g/mol. The van der Waals surface area contributed by atoms with E-state index < -0.39 is 0 Å². The Morgan fingerprint density at radius 2 is 2.10 bits per heavy atom. The summed E-state index contributed by atoms with van der Waals surface area (Å²) in [5.74, 6) is 0.662. The van der Waals surface area contributed by atoms with Crippen LogP contribution in [0.5, 0.6) is 11.5 Å². The highest BCUT2D eigenvalue weighted by Gasteiger charge is 2.17. The van der Waals surface area contributed by atoms with Gasteiger partial charge in [-0.25, -0.2) is 0 Å². The lowest BCUT2D eigenvalue weighted by Gasteiger charge is -2.19. The Kier molecular flexibility index (Phi) is 3.65. The number of hydrogen-bond donors (Lipinski definition) is 1. The third-order valence-corrected chi connectivity index (χ3v) is 4.01. The second-order valence-electron chi connectivity index (χ2n) is 5.41. The third kappa shape index (κ3) is 2.64. The van der Waals surface area contributed by atoms with Gasteiger partial charge in [0.1, 0.15) is 0 Å². The highest BCUT2D eigenvalue weighted by molar-refractivity contribution is 5.82. The third-order valence-electron chi connectivity index (χ3n) is 4.01. The maximum Gasteiger partial charge on any atom is 0.161 e. The first-order chi connectivity index (χ1) is 10.2. The molecule has 1 aliphatic carbocycles. The van der Waals surface area contributed by atoms with E-state index in [4.69, 9.17) is 4.74 Å². The molecule has 0 spiro atoms. The zero-order valence-electron chi connectivity index (χ0n) is 12.4. The molecule has 0 unspecified atom stereocenters. The van der Waals surface area contributed by atoms with E-state index in [1.807, 2.05) is 18.3 Å². The lowest BCUT2D eigenvalue weighted by molar-refractivity contribution is 0.373. The Morgan fingerprint density at radius 3 is 2.90 bits per heavy atom. The number of pyridine rings is 1. The highest BCUT2D eigenvalue weighted by atomic mass is 16.5. The van der Waals surface area contributed by atoms with Gasteiger partial charge < -0.3 is 9.84 Å². The molecule has 0 saturated heterocycles. The lowest BCUT2D eigenvalue weighted by atomic mass is 9.88. The van der Waals surface area contributed by atoms with Gasteiger partial charge in [-0.2, -0.15) is 0 Å². The van der Waals surface area contributed by atoms with Crippen molar-refractivity contribution in [2.75, 3.05) is 7.11 Å². The molecule has 0 radical (unpaired) electrons. The number of allylic oxidation sites excluding steroid dienone is 1. The fourth-order valence-electron chi connectivity index (χ4n) is 2.88. The van der Waals surface area contributed by atoms with Gasteiger partial charge in [-0.3, -0.25) is 4.98 Å². The van der Waals surface area contributed by atoms with Gasteiger partial charge in [0.25, 0.3) is 0 Å². The summed E-state index contributed by atoms with van der Waals surface area (Å²) in [6.45, 7) is 2.15. The van der Waals surface area contributed by atoms with E-state index in [2.05, 4.69) is 24.1 Å². The van der Waals surface area contributed by atoms with Gasteiger partial charge in [0, 0.05) is 6.20 Å². The minimum absolute atomic E-state index is 0.165. The number of aromatic hydroxyl groups is 1. The van der Waals surface area contributed by atoms with Crippen LogP contribution >= 0.6 is 0 Å². The van der Waals surface area contributed by atoms with Gasteiger partial charge in [-0.15, -0.1) is 0 Å². The molecule has 1 N–H and O–H groups in total. The molecular weight excluding hydrogens is 262 g/mol. The van der Waals surface area contributed by atoms with Crippen molar-refractivity contribution in [2.45, 2.75) is 26.2 Å². The van der Waals surface area contributed by atoms with Crippen LogP contribution in [-0.4, -0.2) is 17.2 Å². The first-order valence-electron chi connectivity index (χ1n) is 7.21. The van der Waals surface area contributed by atoms with E-state index >= 15 is 0 Å². The Bertz CT molecular complexity index is 704. The molecule has 1 aromatic heterocycles. The number of aryl methyl sites for hydroxylation is 1. The summed E-state index contributed by atoms with van der Waals surface area (Å²) in [5, 5.41) is 9.68. The fourth-order valence-corrected chi connectivity index (χ4v) is 2.88. The number of aromatic nitrogens is 1. The summed E-state index contributed by atoms with van der Waals surface area (Å²) in [4.78, 5) is 4.57. The predicted molar refractivity (Wildman–Crippen MR) is 84.4 cm³/mol. The molecule has 0 bridgehead atoms. The number of phenolic OH excluding ortho intramolecular Hbond substituents is 1. The van der Waals surface area contributed by atoms with Crippen molar-refractivity contribution < 1.29 is 9.84 Å². The zero-order valence-corrected chi connectivity index (χ0v) is 12.4. The van der Waals surface area contributed by atoms with Gasteiger partial charge >= 0.3 is 0 Å². The maximum atomic E-state index is 9.68. The molecule has 3 heteroatoms. The summed E-state index contributed by atoms with van der Waals surface area (Å²) in [7, 11) is 1.56. The number of ether oxygens (including phenoxy) is 1. The van der Waals surface area contributed by atoms with Gasteiger partial charge in [0.15, 0.2) is 11.5 Å². The van der Waals surface area contributed by atoms with Crippen molar-refractivity contribution in [3.63, 3.8) is 0 Å².